The van der Waals surface area contributed by atoms with Crippen LogP contribution in [-0.4, -0.2) is 14.5 Å². The third kappa shape index (κ3) is 4.93. The molecule has 0 bridgehead atoms. The van der Waals surface area contributed by atoms with Gasteiger partial charge in [-0.15, -0.1) is 0 Å². The van der Waals surface area contributed by atoms with Gasteiger partial charge in [0, 0.05) is 0 Å². The van der Waals surface area contributed by atoms with E-state index in [2.05, 4.69) is 200 Å². The standard InChI is InChI=1S/C58H34OSe/c1-2-15-35(16-3-1)54-40-18-4-6-20-42(40)55(43-21-7-5-19-41(43)54)36-30-32-52-49(33-36)58-48(26-14-28-53(58)60-52)57-46-24-10-8-22-44(46)56(45-23-9-11-25-47(45)57)37-29-31-39-38-17-12-13-27-50(38)59-51(39)34-37/h1-34H. The molecule has 0 aliphatic rings. The zero-order chi connectivity index (χ0) is 39.3. The average Bonchev–Trinajstić information content (AvgIpc) is 3.88. The number of furan rings is 1. The fourth-order valence-corrected chi connectivity index (χ4v) is 12.5. The Balaban J connectivity index is 1.08. The zero-order valence-corrected chi connectivity index (χ0v) is 34.2. The van der Waals surface area contributed by atoms with Gasteiger partial charge < -0.3 is 0 Å². The Kier molecular flexibility index (Phi) is 7.39. The Labute approximate surface area is 352 Å². The molecule has 0 N–H and O–H groups in total. The van der Waals surface area contributed by atoms with Crippen LogP contribution >= 0.6 is 0 Å². The Hall–Kier alpha value is -7.22. The number of fused-ring (bicyclic) bond motifs is 10. The van der Waals surface area contributed by atoms with E-state index >= 15 is 0 Å². The van der Waals surface area contributed by atoms with Crippen LogP contribution in [0.25, 0.3) is 129 Å². The summed E-state index contributed by atoms with van der Waals surface area (Å²) < 4.78 is 9.31. The summed E-state index contributed by atoms with van der Waals surface area (Å²) in [5.41, 5.74) is 11.9. The molecule has 0 aliphatic heterocycles. The van der Waals surface area contributed by atoms with Crippen molar-refractivity contribution in [3.63, 3.8) is 0 Å². The number of para-hydroxylation sites is 1. The van der Waals surface area contributed by atoms with Crippen LogP contribution < -0.4 is 0 Å². The molecule has 1 nitrogen and oxygen atoms in total. The fourth-order valence-electron chi connectivity index (χ4n) is 10.2. The molecular weight excluding hydrogens is 792 g/mol. The summed E-state index contributed by atoms with van der Waals surface area (Å²) >= 11 is 0.189. The van der Waals surface area contributed by atoms with Crippen LogP contribution in [0.5, 0.6) is 0 Å². The van der Waals surface area contributed by atoms with Gasteiger partial charge in [0.25, 0.3) is 0 Å². The molecule has 0 atom stereocenters. The van der Waals surface area contributed by atoms with Crippen LogP contribution in [0.4, 0.5) is 0 Å². The molecule has 278 valence electrons. The van der Waals surface area contributed by atoms with Gasteiger partial charge in [-0.2, -0.15) is 0 Å². The fraction of sp³-hybridized carbons (Fsp3) is 0. The van der Waals surface area contributed by atoms with Gasteiger partial charge in [-0.1, -0.05) is 18.2 Å². The molecule has 2 heteroatoms. The van der Waals surface area contributed by atoms with E-state index in [1.165, 1.54) is 101 Å². The zero-order valence-electron chi connectivity index (χ0n) is 32.4. The maximum absolute atomic E-state index is 6.43. The number of hydrogen-bond donors (Lipinski definition) is 0. The normalized spacial score (nSPS) is 12.0. The summed E-state index contributed by atoms with van der Waals surface area (Å²) in [5, 5.41) is 15.1. The van der Waals surface area contributed by atoms with E-state index < -0.39 is 0 Å². The molecule has 13 rings (SSSR count). The predicted molar refractivity (Wildman–Crippen MR) is 257 cm³/mol. The summed E-state index contributed by atoms with van der Waals surface area (Å²) in [5.74, 6) is 0. The van der Waals surface area contributed by atoms with Crippen LogP contribution in [0, 0.1) is 0 Å². The van der Waals surface area contributed by atoms with Crippen LogP contribution in [0.2, 0.25) is 0 Å². The second kappa shape index (κ2) is 13.1. The number of benzene rings is 11. The second-order valence-electron chi connectivity index (χ2n) is 15.8. The van der Waals surface area contributed by atoms with Crippen molar-refractivity contribution in [3.8, 4) is 44.5 Å². The van der Waals surface area contributed by atoms with Gasteiger partial charge in [-0.3, -0.25) is 0 Å². The first kappa shape index (κ1) is 33.7. The molecule has 0 spiro atoms. The number of rotatable bonds is 4. The summed E-state index contributed by atoms with van der Waals surface area (Å²) in [4.78, 5) is 0. The molecule has 0 amide bonds. The molecule has 2 heterocycles. The summed E-state index contributed by atoms with van der Waals surface area (Å²) in [7, 11) is 0. The molecule has 0 saturated heterocycles. The molecule has 2 aromatic heterocycles. The summed E-state index contributed by atoms with van der Waals surface area (Å²) in [6.07, 6.45) is 0. The molecule has 0 unspecified atom stereocenters. The predicted octanol–water partition coefficient (Wildman–Crippen LogP) is 16.2. The van der Waals surface area contributed by atoms with Gasteiger partial charge in [0.15, 0.2) is 0 Å². The molecule has 13 aromatic rings. The van der Waals surface area contributed by atoms with Crippen LogP contribution in [0.3, 0.4) is 0 Å². The molecule has 0 aliphatic carbocycles. The molecule has 60 heavy (non-hydrogen) atoms. The third-order valence-corrected chi connectivity index (χ3v) is 15.0. The Morgan fingerprint density at radius 2 is 0.733 bits per heavy atom. The van der Waals surface area contributed by atoms with Gasteiger partial charge in [0.05, 0.1) is 0 Å². The maximum atomic E-state index is 6.43. The average molecular weight is 826 g/mol. The van der Waals surface area contributed by atoms with Crippen LogP contribution in [0.15, 0.2) is 211 Å². The molecule has 0 saturated carbocycles. The van der Waals surface area contributed by atoms with E-state index in [1.54, 1.807) is 0 Å². The van der Waals surface area contributed by atoms with Gasteiger partial charge in [0.2, 0.25) is 0 Å². The van der Waals surface area contributed by atoms with Crippen molar-refractivity contribution in [3.05, 3.63) is 206 Å². The van der Waals surface area contributed by atoms with E-state index in [0.717, 1.165) is 27.5 Å². The van der Waals surface area contributed by atoms with Crippen molar-refractivity contribution in [1.29, 1.82) is 0 Å². The SMILES string of the molecule is c1ccc(-c2c3ccccc3c(-c3ccc4[se]c5cccc(-c6c7ccccc7c(-c7ccc8c(c7)oc7ccccc78)c7ccccc67)c5c4c3)c3ccccc23)cc1. The Bertz CT molecular complexity index is 3770. The van der Waals surface area contributed by atoms with E-state index in [4.69, 9.17) is 4.42 Å². The minimum absolute atomic E-state index is 0.189. The quantitative estimate of drug-likeness (QED) is 0.127. The van der Waals surface area contributed by atoms with Gasteiger partial charge in [-0.25, -0.2) is 0 Å². The van der Waals surface area contributed by atoms with Gasteiger partial charge in [-0.05, 0) is 6.07 Å². The van der Waals surface area contributed by atoms with Gasteiger partial charge >= 0.3 is 330 Å². The van der Waals surface area contributed by atoms with Crippen LogP contribution in [-0.2, 0) is 0 Å². The molecular formula is C58H34OSe. The van der Waals surface area contributed by atoms with Crippen molar-refractivity contribution in [2.75, 3.05) is 0 Å². The van der Waals surface area contributed by atoms with E-state index in [9.17, 15) is 0 Å². The van der Waals surface area contributed by atoms with Crippen molar-refractivity contribution in [1.82, 2.24) is 0 Å². The Morgan fingerprint density at radius 3 is 1.33 bits per heavy atom. The topological polar surface area (TPSA) is 13.1 Å². The first-order valence-electron chi connectivity index (χ1n) is 20.6. The van der Waals surface area contributed by atoms with Crippen molar-refractivity contribution < 1.29 is 4.42 Å². The van der Waals surface area contributed by atoms with Crippen LogP contribution in [0.1, 0.15) is 0 Å². The third-order valence-electron chi connectivity index (χ3n) is 12.6. The molecule has 0 fully saturated rings. The number of hydrogen-bond acceptors (Lipinski definition) is 1. The van der Waals surface area contributed by atoms with Crippen molar-refractivity contribution >= 4 is 98.8 Å². The summed E-state index contributed by atoms with van der Waals surface area (Å²) in [6.45, 7) is 0. The van der Waals surface area contributed by atoms with E-state index in [-0.39, 0.29) is 14.5 Å². The van der Waals surface area contributed by atoms with Crippen molar-refractivity contribution in [2.45, 2.75) is 0 Å². The van der Waals surface area contributed by atoms with Gasteiger partial charge in [0.1, 0.15) is 0 Å². The second-order valence-corrected chi connectivity index (χ2v) is 18.1. The minimum atomic E-state index is 0.189. The molecule has 0 radical (unpaired) electrons. The van der Waals surface area contributed by atoms with E-state index in [1.807, 2.05) is 6.07 Å². The first-order chi connectivity index (χ1) is 29.8. The van der Waals surface area contributed by atoms with Crippen molar-refractivity contribution in [2.24, 2.45) is 0 Å². The first-order valence-corrected chi connectivity index (χ1v) is 22.3. The monoisotopic (exact) mass is 826 g/mol. The van der Waals surface area contributed by atoms with E-state index in [0.29, 0.717) is 0 Å². The molecule has 11 aromatic carbocycles. The summed E-state index contributed by atoms with van der Waals surface area (Å²) in [6, 6.07) is 76.2. The Morgan fingerprint density at radius 1 is 0.267 bits per heavy atom.